The topological polar surface area (TPSA) is 110 Å². The lowest BCUT2D eigenvalue weighted by Gasteiger charge is -2.20. The van der Waals surface area contributed by atoms with Gasteiger partial charge in [-0.15, -0.1) is 12.4 Å². The molecule has 1 fully saturated rings. The summed E-state index contributed by atoms with van der Waals surface area (Å²) in [4.78, 5) is 0. The van der Waals surface area contributed by atoms with E-state index in [1.54, 1.807) is 13.8 Å². The monoisotopic (exact) mass is 256 g/mol. The summed E-state index contributed by atoms with van der Waals surface area (Å²) in [7, 11) is 0. The zero-order valence-corrected chi connectivity index (χ0v) is 9.76. The Kier molecular flexibility index (Phi) is 5.67. The van der Waals surface area contributed by atoms with E-state index in [0.717, 1.165) is 0 Å². The molecule has 0 spiro atoms. The fraction of sp³-hybridized carbons (Fsp3) is 0.778. The van der Waals surface area contributed by atoms with Crippen molar-refractivity contribution in [3.63, 3.8) is 0 Å². The summed E-state index contributed by atoms with van der Waals surface area (Å²) >= 11 is 0. The van der Waals surface area contributed by atoms with Crippen molar-refractivity contribution in [3.05, 3.63) is 11.3 Å². The zero-order valence-electron chi connectivity index (χ0n) is 8.94. The van der Waals surface area contributed by atoms with Gasteiger partial charge in [-0.25, -0.2) is 0 Å². The van der Waals surface area contributed by atoms with Gasteiger partial charge in [-0.05, 0) is 19.4 Å². The van der Waals surface area contributed by atoms with E-state index >= 15 is 0 Å². The number of rotatable bonds is 2. The van der Waals surface area contributed by atoms with Crippen molar-refractivity contribution >= 4 is 12.4 Å². The van der Waals surface area contributed by atoms with Crippen LogP contribution in [0.3, 0.4) is 0 Å². The molecule has 1 unspecified atom stereocenters. The van der Waals surface area contributed by atoms with Crippen molar-refractivity contribution in [2.45, 2.75) is 44.6 Å². The van der Waals surface area contributed by atoms with Crippen LogP contribution in [0.25, 0.3) is 0 Å². The molecule has 5 N–H and O–H groups in total. The second-order valence-electron chi connectivity index (χ2n) is 3.80. The van der Waals surface area contributed by atoms with E-state index in [0.29, 0.717) is 5.57 Å². The van der Waals surface area contributed by atoms with E-state index in [4.69, 9.17) is 9.84 Å². The molecule has 1 heterocycles. The Hall–Kier alpha value is -0.370. The number of hydrogen-bond donors (Lipinski definition) is 5. The zero-order chi connectivity index (χ0) is 11.7. The molecule has 1 aliphatic rings. The van der Waals surface area contributed by atoms with Crippen molar-refractivity contribution in [1.29, 1.82) is 0 Å². The van der Waals surface area contributed by atoms with Gasteiger partial charge >= 0.3 is 0 Å². The van der Waals surface area contributed by atoms with Crippen LogP contribution in [0.2, 0.25) is 0 Å². The summed E-state index contributed by atoms with van der Waals surface area (Å²) < 4.78 is 4.73. The molecule has 0 aromatic heterocycles. The number of hydrogen-bond acceptors (Lipinski definition) is 6. The SMILES string of the molecule is CC(C)=C(O)[C@@H](O)[C@H]1OC(O)[C@H](O)[C@H]1O.Cl. The van der Waals surface area contributed by atoms with Crippen molar-refractivity contribution in [3.8, 4) is 0 Å². The van der Waals surface area contributed by atoms with Crippen molar-refractivity contribution in [1.82, 2.24) is 0 Å². The van der Waals surface area contributed by atoms with Crippen LogP contribution in [0.1, 0.15) is 13.8 Å². The molecule has 96 valence electrons. The lowest BCUT2D eigenvalue weighted by atomic mass is 10.0. The molecule has 0 aromatic carbocycles. The predicted molar refractivity (Wildman–Crippen MR) is 57.2 cm³/mol. The fourth-order valence-corrected chi connectivity index (χ4v) is 1.40. The van der Waals surface area contributed by atoms with E-state index < -0.39 is 30.7 Å². The van der Waals surface area contributed by atoms with Gasteiger partial charge in [-0.2, -0.15) is 0 Å². The summed E-state index contributed by atoms with van der Waals surface area (Å²) in [6.45, 7) is 3.15. The maximum absolute atomic E-state index is 9.58. The number of allylic oxidation sites excluding steroid dienone is 1. The first-order valence-corrected chi connectivity index (χ1v) is 4.60. The van der Waals surface area contributed by atoms with Gasteiger partial charge in [0.25, 0.3) is 0 Å². The number of ether oxygens (including phenoxy) is 1. The summed E-state index contributed by atoms with van der Waals surface area (Å²) in [5.41, 5.74) is 0.467. The molecular weight excluding hydrogens is 240 g/mol. The standard InChI is InChI=1S/C9H16O6.ClH/c1-3(2)4(10)5(11)8-6(12)7(13)9(14)15-8;/h5-14H,1-2H3;1H/t5-,6-,7-,8-,9?;/m1./s1. The van der Waals surface area contributed by atoms with Gasteiger partial charge in [0, 0.05) is 0 Å². The molecule has 16 heavy (non-hydrogen) atoms. The molecule has 1 rings (SSSR count). The number of aliphatic hydroxyl groups excluding tert-OH is 5. The highest BCUT2D eigenvalue weighted by Gasteiger charge is 2.46. The second-order valence-corrected chi connectivity index (χ2v) is 3.80. The van der Waals surface area contributed by atoms with Crippen LogP contribution >= 0.6 is 12.4 Å². The van der Waals surface area contributed by atoms with Gasteiger partial charge in [0.05, 0.1) is 0 Å². The van der Waals surface area contributed by atoms with Crippen LogP contribution in [-0.2, 0) is 4.74 Å². The van der Waals surface area contributed by atoms with Crippen LogP contribution in [0.15, 0.2) is 11.3 Å². The Labute approximate surface area is 99.2 Å². The minimum absolute atomic E-state index is 0. The van der Waals surface area contributed by atoms with Crippen LogP contribution in [0.4, 0.5) is 0 Å². The minimum Gasteiger partial charge on any atom is -0.510 e. The average molecular weight is 257 g/mol. The highest BCUT2D eigenvalue weighted by Crippen LogP contribution is 2.25. The van der Waals surface area contributed by atoms with Gasteiger partial charge < -0.3 is 30.3 Å². The lowest BCUT2D eigenvalue weighted by Crippen LogP contribution is -2.40. The Morgan fingerprint density at radius 3 is 1.94 bits per heavy atom. The smallest absolute Gasteiger partial charge is 0.184 e. The van der Waals surface area contributed by atoms with Gasteiger partial charge in [0.2, 0.25) is 0 Å². The van der Waals surface area contributed by atoms with Crippen LogP contribution in [0, 0.1) is 0 Å². The van der Waals surface area contributed by atoms with E-state index in [1.807, 2.05) is 0 Å². The Bertz CT molecular complexity index is 265. The molecule has 0 aromatic rings. The third-order valence-electron chi connectivity index (χ3n) is 2.38. The molecule has 7 heteroatoms. The predicted octanol–water partition coefficient (Wildman–Crippen LogP) is -0.940. The summed E-state index contributed by atoms with van der Waals surface area (Å²) in [6, 6.07) is 0. The van der Waals surface area contributed by atoms with Crippen molar-refractivity contribution in [2.75, 3.05) is 0 Å². The largest absolute Gasteiger partial charge is 0.510 e. The lowest BCUT2D eigenvalue weighted by molar-refractivity contribution is -0.144. The van der Waals surface area contributed by atoms with Crippen LogP contribution < -0.4 is 0 Å². The molecule has 0 bridgehead atoms. The number of halogens is 1. The first-order valence-electron chi connectivity index (χ1n) is 4.60. The number of aliphatic hydroxyl groups is 5. The highest BCUT2D eigenvalue weighted by atomic mass is 35.5. The van der Waals surface area contributed by atoms with E-state index in [2.05, 4.69) is 0 Å². The van der Waals surface area contributed by atoms with E-state index in [1.165, 1.54) is 0 Å². The molecular formula is C9H17ClO6. The van der Waals surface area contributed by atoms with E-state index in [-0.39, 0.29) is 18.2 Å². The van der Waals surface area contributed by atoms with Crippen LogP contribution in [0.5, 0.6) is 0 Å². The summed E-state index contributed by atoms with van der Waals surface area (Å²) in [6.07, 6.45) is -7.16. The first kappa shape index (κ1) is 15.6. The van der Waals surface area contributed by atoms with Gasteiger partial charge in [-0.3, -0.25) is 0 Å². The normalized spacial score (nSPS) is 35.4. The summed E-state index contributed by atoms with van der Waals surface area (Å²) in [5, 5.41) is 46.6. The third kappa shape index (κ3) is 2.85. The molecule has 0 saturated carbocycles. The van der Waals surface area contributed by atoms with E-state index in [9.17, 15) is 20.4 Å². The molecule has 0 radical (unpaired) electrons. The maximum atomic E-state index is 9.58. The van der Waals surface area contributed by atoms with Gasteiger partial charge in [0.1, 0.15) is 30.2 Å². The van der Waals surface area contributed by atoms with Crippen molar-refractivity contribution in [2.24, 2.45) is 0 Å². The molecule has 0 aliphatic carbocycles. The summed E-state index contributed by atoms with van der Waals surface area (Å²) in [5.74, 6) is -0.333. The first-order chi connectivity index (χ1) is 6.86. The Morgan fingerprint density at radius 1 is 1.12 bits per heavy atom. The maximum Gasteiger partial charge on any atom is 0.184 e. The van der Waals surface area contributed by atoms with Gasteiger partial charge in [0.15, 0.2) is 6.29 Å². The fourth-order valence-electron chi connectivity index (χ4n) is 1.40. The molecule has 6 nitrogen and oxygen atoms in total. The quantitative estimate of drug-likeness (QED) is 0.408. The third-order valence-corrected chi connectivity index (χ3v) is 2.38. The van der Waals surface area contributed by atoms with Crippen molar-refractivity contribution < 1.29 is 30.3 Å². The molecule has 1 saturated heterocycles. The molecule has 1 aliphatic heterocycles. The van der Waals surface area contributed by atoms with Gasteiger partial charge in [-0.1, -0.05) is 0 Å². The Balaban J connectivity index is 0.00000225. The molecule has 5 atom stereocenters. The Morgan fingerprint density at radius 2 is 1.62 bits per heavy atom. The van der Waals surface area contributed by atoms with Crippen LogP contribution in [-0.4, -0.2) is 56.2 Å². The second kappa shape index (κ2) is 5.81. The molecule has 0 amide bonds. The average Bonchev–Trinajstić information content (AvgIpc) is 2.43. The minimum atomic E-state index is -1.55. The highest BCUT2D eigenvalue weighted by molar-refractivity contribution is 5.85.